The molecule has 2 aliphatic rings. The largest absolute Gasteiger partial charge is 0.453 e. The number of methoxy groups -OCH3 is 1. The second-order valence-corrected chi connectivity index (χ2v) is 15.3. The Morgan fingerprint density at radius 1 is 0.548 bits per heavy atom. The van der Waals surface area contributed by atoms with E-state index < -0.39 is 73.2 Å². The standard InChI is InChI=1S/C50H55NO11/c1-34-43(56-30-37-21-11-5-12-22-37)46(57-31-38-23-13-6-14-24-38)47(58-32-39-25-15-7-16-26-39)50(59-34)62-44-41(33-55-29-36-19-9-4-10-20-36)60-49(54-3)42(51-35(2)52)45(44)61-48(53)40-27-17-8-18-28-40/h4-28,34,41-47,49-50H,29-33H2,1-3H3,(H,51,52)/t34-,41+,42+,43-,44+,45+,46+,47+,49+,50-/m0/s1. The molecule has 2 aliphatic heterocycles. The fraction of sp³-hybridized carbons (Fsp3) is 0.360. The minimum atomic E-state index is -1.17. The van der Waals surface area contributed by atoms with Gasteiger partial charge in [0.05, 0.1) is 44.7 Å². The lowest BCUT2D eigenvalue weighted by atomic mass is 9.94. The third-order valence-electron chi connectivity index (χ3n) is 10.8. The summed E-state index contributed by atoms with van der Waals surface area (Å²) in [6, 6.07) is 46.9. The average Bonchev–Trinajstić information content (AvgIpc) is 3.30. The van der Waals surface area contributed by atoms with Crippen LogP contribution in [0.3, 0.4) is 0 Å². The topological polar surface area (TPSA) is 129 Å². The number of nitrogens with one attached hydrogen (secondary N) is 1. The molecule has 0 radical (unpaired) electrons. The zero-order chi connectivity index (χ0) is 43.1. The van der Waals surface area contributed by atoms with E-state index in [1.165, 1.54) is 14.0 Å². The van der Waals surface area contributed by atoms with Crippen LogP contribution in [0, 0.1) is 0 Å². The Morgan fingerprint density at radius 3 is 1.52 bits per heavy atom. The molecule has 2 fully saturated rings. The monoisotopic (exact) mass is 845 g/mol. The smallest absolute Gasteiger partial charge is 0.338 e. The zero-order valence-electron chi connectivity index (χ0n) is 35.2. The van der Waals surface area contributed by atoms with Gasteiger partial charge in [-0.05, 0) is 41.3 Å². The molecule has 12 heteroatoms. The van der Waals surface area contributed by atoms with Gasteiger partial charge in [0.15, 0.2) is 18.7 Å². The summed E-state index contributed by atoms with van der Waals surface area (Å²) in [5.74, 6) is -1.02. The summed E-state index contributed by atoms with van der Waals surface area (Å²) in [5, 5.41) is 2.91. The molecule has 7 rings (SSSR count). The first-order valence-electron chi connectivity index (χ1n) is 21.0. The molecule has 326 valence electrons. The average molecular weight is 846 g/mol. The lowest BCUT2D eigenvalue weighted by molar-refractivity contribution is -0.356. The summed E-state index contributed by atoms with van der Waals surface area (Å²) in [4.78, 5) is 26.8. The first-order valence-corrected chi connectivity index (χ1v) is 21.0. The third-order valence-corrected chi connectivity index (χ3v) is 10.8. The quantitative estimate of drug-likeness (QED) is 0.0849. The van der Waals surface area contributed by atoms with Gasteiger partial charge in [0, 0.05) is 14.0 Å². The van der Waals surface area contributed by atoms with Crippen LogP contribution in [0.4, 0.5) is 0 Å². The highest BCUT2D eigenvalue weighted by Crippen LogP contribution is 2.35. The van der Waals surface area contributed by atoms with Crippen molar-refractivity contribution in [2.75, 3.05) is 13.7 Å². The second-order valence-electron chi connectivity index (χ2n) is 15.3. The Morgan fingerprint density at radius 2 is 1.02 bits per heavy atom. The van der Waals surface area contributed by atoms with Crippen molar-refractivity contribution in [3.63, 3.8) is 0 Å². The summed E-state index contributed by atoms with van der Waals surface area (Å²) < 4.78 is 59.2. The maximum Gasteiger partial charge on any atom is 0.338 e. The van der Waals surface area contributed by atoms with Crippen LogP contribution in [0.5, 0.6) is 0 Å². The van der Waals surface area contributed by atoms with E-state index in [1.54, 1.807) is 24.3 Å². The van der Waals surface area contributed by atoms with Crippen molar-refractivity contribution in [3.8, 4) is 0 Å². The van der Waals surface area contributed by atoms with Crippen LogP contribution < -0.4 is 5.32 Å². The minimum absolute atomic E-state index is 0.000159. The van der Waals surface area contributed by atoms with E-state index in [9.17, 15) is 9.59 Å². The van der Waals surface area contributed by atoms with Crippen LogP contribution in [-0.4, -0.2) is 86.9 Å². The summed E-state index contributed by atoms with van der Waals surface area (Å²) in [7, 11) is 1.46. The number of hydrogen-bond acceptors (Lipinski definition) is 11. The van der Waals surface area contributed by atoms with Gasteiger partial charge in [0.2, 0.25) is 5.91 Å². The van der Waals surface area contributed by atoms with Crippen molar-refractivity contribution in [3.05, 3.63) is 179 Å². The van der Waals surface area contributed by atoms with Gasteiger partial charge in [-0.2, -0.15) is 0 Å². The Labute approximate surface area is 363 Å². The molecule has 5 aromatic rings. The third kappa shape index (κ3) is 12.2. The molecule has 10 atom stereocenters. The molecule has 1 N–H and O–H groups in total. The van der Waals surface area contributed by atoms with Crippen LogP contribution in [0.2, 0.25) is 0 Å². The fourth-order valence-corrected chi connectivity index (χ4v) is 7.70. The molecule has 0 aromatic heterocycles. The maximum absolute atomic E-state index is 14.0. The number of ether oxygens (including phenoxy) is 9. The van der Waals surface area contributed by atoms with Crippen molar-refractivity contribution < 1.29 is 52.2 Å². The summed E-state index contributed by atoms with van der Waals surface area (Å²) >= 11 is 0. The highest BCUT2D eigenvalue weighted by molar-refractivity contribution is 5.89. The molecule has 1 amide bonds. The Balaban J connectivity index is 1.26. The molecule has 5 aromatic carbocycles. The van der Waals surface area contributed by atoms with E-state index in [0.717, 1.165) is 22.3 Å². The molecule has 0 saturated carbocycles. The first kappa shape index (κ1) is 44.8. The van der Waals surface area contributed by atoms with Crippen LogP contribution in [-0.2, 0) is 73.9 Å². The lowest BCUT2D eigenvalue weighted by Gasteiger charge is -2.49. The van der Waals surface area contributed by atoms with Gasteiger partial charge in [-0.15, -0.1) is 0 Å². The highest BCUT2D eigenvalue weighted by Gasteiger charge is 2.54. The SMILES string of the molecule is CO[C@@H]1O[C@H](COCc2ccccc2)[C@@H](O[C@@H]2O[C@@H](C)[C@H](OCc3ccccc3)[C@@H](OCc3ccccc3)[C@H]2OCc2ccccc2)[C@H](OC(=O)c2ccccc2)[C@H]1NC(C)=O. The van der Waals surface area contributed by atoms with Crippen LogP contribution in [0.15, 0.2) is 152 Å². The first-order chi connectivity index (χ1) is 30.4. The van der Waals surface area contributed by atoms with Gasteiger partial charge in [-0.1, -0.05) is 140 Å². The molecule has 12 nitrogen and oxygen atoms in total. The van der Waals surface area contributed by atoms with E-state index in [0.29, 0.717) is 12.2 Å². The number of carbonyl (C=O) groups is 2. The Bertz CT molecular complexity index is 2080. The molecule has 2 heterocycles. The van der Waals surface area contributed by atoms with Crippen LogP contribution in [0.25, 0.3) is 0 Å². The molecule has 0 unspecified atom stereocenters. The summed E-state index contributed by atoms with van der Waals surface area (Å²) in [6.07, 6.45) is -8.16. The van der Waals surface area contributed by atoms with Crippen molar-refractivity contribution in [2.24, 2.45) is 0 Å². The lowest BCUT2D eigenvalue weighted by Crippen LogP contribution is -2.68. The van der Waals surface area contributed by atoms with Crippen LogP contribution in [0.1, 0.15) is 46.5 Å². The molecule has 0 bridgehead atoms. The molecule has 2 saturated heterocycles. The van der Waals surface area contributed by atoms with E-state index in [2.05, 4.69) is 5.32 Å². The van der Waals surface area contributed by atoms with Crippen molar-refractivity contribution in [1.29, 1.82) is 0 Å². The van der Waals surface area contributed by atoms with E-state index in [1.807, 2.05) is 134 Å². The molecular formula is C50H55NO11. The molecular weight excluding hydrogens is 791 g/mol. The fourth-order valence-electron chi connectivity index (χ4n) is 7.70. The summed E-state index contributed by atoms with van der Waals surface area (Å²) in [5.41, 5.74) is 4.13. The number of esters is 1. The molecule has 0 spiro atoms. The number of hydrogen-bond donors (Lipinski definition) is 1. The van der Waals surface area contributed by atoms with Gasteiger partial charge in [0.1, 0.15) is 36.6 Å². The van der Waals surface area contributed by atoms with E-state index in [-0.39, 0.29) is 26.4 Å². The maximum atomic E-state index is 14.0. The van der Waals surface area contributed by atoms with Gasteiger partial charge in [-0.3, -0.25) is 4.79 Å². The van der Waals surface area contributed by atoms with Gasteiger partial charge in [0.25, 0.3) is 0 Å². The predicted octanol–water partition coefficient (Wildman–Crippen LogP) is 7.19. The van der Waals surface area contributed by atoms with Gasteiger partial charge in [-0.25, -0.2) is 4.79 Å². The highest BCUT2D eigenvalue weighted by atomic mass is 16.8. The second kappa shape index (κ2) is 22.7. The zero-order valence-corrected chi connectivity index (χ0v) is 35.2. The van der Waals surface area contributed by atoms with Gasteiger partial charge < -0.3 is 47.9 Å². The number of carbonyl (C=O) groups excluding carboxylic acids is 2. The van der Waals surface area contributed by atoms with Crippen molar-refractivity contribution in [1.82, 2.24) is 5.32 Å². The van der Waals surface area contributed by atoms with Crippen molar-refractivity contribution in [2.45, 2.75) is 102 Å². The molecule has 62 heavy (non-hydrogen) atoms. The predicted molar refractivity (Wildman–Crippen MR) is 229 cm³/mol. The normalized spacial score (nSPS) is 26.0. The van der Waals surface area contributed by atoms with E-state index >= 15 is 0 Å². The Hall–Kier alpha value is -5.28. The van der Waals surface area contributed by atoms with Gasteiger partial charge >= 0.3 is 5.97 Å². The van der Waals surface area contributed by atoms with Crippen LogP contribution >= 0.6 is 0 Å². The summed E-state index contributed by atoms with van der Waals surface area (Å²) in [6.45, 7) is 4.29. The van der Waals surface area contributed by atoms with E-state index in [4.69, 9.17) is 42.6 Å². The Kier molecular flexibility index (Phi) is 16.4. The van der Waals surface area contributed by atoms with Crippen molar-refractivity contribution >= 4 is 11.9 Å². The number of benzene rings is 5. The minimum Gasteiger partial charge on any atom is -0.453 e. The number of rotatable bonds is 19. The number of amides is 1. The molecule has 0 aliphatic carbocycles.